The van der Waals surface area contributed by atoms with Gasteiger partial charge in [-0.25, -0.2) is 10.0 Å². The molecule has 154 valence electrons. The average Bonchev–Trinajstić information content (AvgIpc) is 3.52. The summed E-state index contributed by atoms with van der Waals surface area (Å²) in [4.78, 5) is 21.2. The van der Waals surface area contributed by atoms with Gasteiger partial charge in [-0.1, -0.05) is 6.07 Å². The minimum absolute atomic E-state index is 0.120. The van der Waals surface area contributed by atoms with Crippen molar-refractivity contribution in [2.75, 3.05) is 5.32 Å². The van der Waals surface area contributed by atoms with Crippen molar-refractivity contribution in [1.29, 1.82) is 5.26 Å². The number of carbonyl (C=O) groups is 1. The van der Waals surface area contributed by atoms with Gasteiger partial charge < -0.3 is 5.32 Å². The zero-order valence-electron chi connectivity index (χ0n) is 17.6. The molecule has 7 nitrogen and oxygen atoms in total. The van der Waals surface area contributed by atoms with Gasteiger partial charge in [0.2, 0.25) is 5.91 Å². The molecule has 0 aromatic heterocycles. The fourth-order valence-electron chi connectivity index (χ4n) is 3.70. The number of amides is 1. The normalized spacial score (nSPS) is 21.5. The van der Waals surface area contributed by atoms with E-state index in [1.807, 2.05) is 36.2 Å². The molecule has 0 unspecified atom stereocenters. The summed E-state index contributed by atoms with van der Waals surface area (Å²) in [7, 11) is 0. The topological polar surface area (TPSA) is 92.9 Å². The van der Waals surface area contributed by atoms with Gasteiger partial charge in [-0.05, 0) is 68.9 Å². The summed E-state index contributed by atoms with van der Waals surface area (Å²) in [6, 6.07) is 8.36. The molecule has 1 aliphatic carbocycles. The highest BCUT2D eigenvalue weighted by Crippen LogP contribution is 2.32. The number of fused-ring (bicyclic) bond motifs is 1. The number of nitriles is 1. The molecule has 2 fully saturated rings. The molecule has 1 saturated heterocycles. The second-order valence-corrected chi connectivity index (χ2v) is 8.04. The van der Waals surface area contributed by atoms with Gasteiger partial charge in [0.1, 0.15) is 17.6 Å². The Morgan fingerprint density at radius 3 is 2.83 bits per heavy atom. The molecule has 0 spiro atoms. The molecule has 1 aromatic rings. The largest absolute Gasteiger partial charge is 0.326 e. The minimum atomic E-state index is -0.120. The van der Waals surface area contributed by atoms with E-state index >= 15 is 0 Å². The van der Waals surface area contributed by atoms with Crippen LogP contribution in [0.15, 0.2) is 51.2 Å². The van der Waals surface area contributed by atoms with E-state index in [-0.39, 0.29) is 5.91 Å². The molecular weight excluding hydrogens is 376 g/mol. The van der Waals surface area contributed by atoms with E-state index in [1.54, 1.807) is 0 Å². The number of aliphatic imine (C=N–C) groups is 2. The van der Waals surface area contributed by atoms with Crippen molar-refractivity contribution in [2.24, 2.45) is 9.98 Å². The predicted octanol–water partition coefficient (Wildman–Crippen LogP) is 4.27. The van der Waals surface area contributed by atoms with E-state index in [4.69, 9.17) is 9.98 Å². The third kappa shape index (κ3) is 4.28. The van der Waals surface area contributed by atoms with Crippen LogP contribution in [0.5, 0.6) is 0 Å². The van der Waals surface area contributed by atoms with Gasteiger partial charge in [-0.3, -0.25) is 15.2 Å². The Morgan fingerprint density at radius 2 is 2.13 bits per heavy atom. The molecule has 0 radical (unpaired) electrons. The Bertz CT molecular complexity index is 1050. The first-order valence-electron chi connectivity index (χ1n) is 10.3. The second-order valence-electron chi connectivity index (χ2n) is 8.04. The van der Waals surface area contributed by atoms with Crippen LogP contribution in [-0.4, -0.2) is 28.5 Å². The Hall–Kier alpha value is -3.40. The number of carbonyl (C=O) groups excluding carboxylic acids is 1. The molecule has 2 N–H and O–H groups in total. The SMILES string of the molecule is CC(=O)Nc1ccc(C)c(N=C2CC(=NC3CC3)C3=C(C)CCC=C(C#N)N3N2)c1. The van der Waals surface area contributed by atoms with Crippen LogP contribution in [0.1, 0.15) is 51.5 Å². The molecule has 0 bridgehead atoms. The number of hydrogen-bond acceptors (Lipinski definition) is 5. The maximum atomic E-state index is 11.4. The minimum Gasteiger partial charge on any atom is -0.326 e. The summed E-state index contributed by atoms with van der Waals surface area (Å²) in [5.74, 6) is 0.614. The zero-order chi connectivity index (χ0) is 21.3. The highest BCUT2D eigenvalue weighted by Gasteiger charge is 2.32. The highest BCUT2D eigenvalue weighted by atomic mass is 16.1. The van der Waals surface area contributed by atoms with Crippen LogP contribution in [0.3, 0.4) is 0 Å². The van der Waals surface area contributed by atoms with E-state index in [2.05, 4.69) is 23.7 Å². The van der Waals surface area contributed by atoms with Gasteiger partial charge in [-0.2, -0.15) is 5.26 Å². The first-order chi connectivity index (χ1) is 14.4. The lowest BCUT2D eigenvalue weighted by Crippen LogP contribution is -2.48. The molecule has 7 heteroatoms. The third-order valence-corrected chi connectivity index (χ3v) is 5.36. The summed E-state index contributed by atoms with van der Waals surface area (Å²) in [5.41, 5.74) is 9.64. The molecule has 0 atom stereocenters. The smallest absolute Gasteiger partial charge is 0.221 e. The fraction of sp³-hybridized carbons (Fsp3) is 0.391. The van der Waals surface area contributed by atoms with E-state index < -0.39 is 0 Å². The number of hydrogen-bond donors (Lipinski definition) is 2. The third-order valence-electron chi connectivity index (χ3n) is 5.36. The van der Waals surface area contributed by atoms with Crippen LogP contribution in [-0.2, 0) is 4.79 Å². The second kappa shape index (κ2) is 8.15. The molecule has 2 aliphatic heterocycles. The lowest BCUT2D eigenvalue weighted by atomic mass is 10.0. The van der Waals surface area contributed by atoms with Crippen molar-refractivity contribution in [3.05, 3.63) is 46.8 Å². The number of nitrogens with zero attached hydrogens (tertiary/aromatic N) is 4. The van der Waals surface area contributed by atoms with Gasteiger partial charge in [0.15, 0.2) is 0 Å². The molecule has 2 heterocycles. The Kier molecular flexibility index (Phi) is 5.40. The monoisotopic (exact) mass is 402 g/mol. The number of benzene rings is 1. The Morgan fingerprint density at radius 1 is 1.33 bits per heavy atom. The number of anilines is 1. The molecule has 4 rings (SSSR count). The van der Waals surface area contributed by atoms with Crippen LogP contribution in [0, 0.1) is 18.3 Å². The fourth-order valence-corrected chi connectivity index (χ4v) is 3.70. The van der Waals surface area contributed by atoms with Gasteiger partial charge in [-0.15, -0.1) is 0 Å². The van der Waals surface area contributed by atoms with Crippen LogP contribution in [0.25, 0.3) is 0 Å². The molecule has 1 aromatic carbocycles. The molecular formula is C23H26N6O. The number of aryl methyl sites for hydroxylation is 1. The van der Waals surface area contributed by atoms with Crippen molar-refractivity contribution in [3.63, 3.8) is 0 Å². The van der Waals surface area contributed by atoms with Gasteiger partial charge in [0.25, 0.3) is 0 Å². The lowest BCUT2D eigenvalue weighted by molar-refractivity contribution is -0.114. The summed E-state index contributed by atoms with van der Waals surface area (Å²) in [5, 5.41) is 14.4. The Balaban J connectivity index is 1.75. The summed E-state index contributed by atoms with van der Waals surface area (Å²) in [6.45, 7) is 5.59. The van der Waals surface area contributed by atoms with E-state index in [1.165, 1.54) is 12.5 Å². The number of nitrogens with one attached hydrogen (secondary N) is 2. The van der Waals surface area contributed by atoms with Crippen molar-refractivity contribution < 1.29 is 4.79 Å². The lowest BCUT2D eigenvalue weighted by Gasteiger charge is -2.34. The van der Waals surface area contributed by atoms with Crippen molar-refractivity contribution in [3.8, 4) is 6.07 Å². The standard InChI is InChI=1S/C23H26N6O/c1-14-7-8-18(25-16(3)30)11-20(14)27-22-12-21(26-17-9-10-17)23-15(2)5-4-6-19(13-24)29(23)28-22/h6-8,11,17H,4-5,9-10,12H2,1-3H3,(H,25,30)(H,27,28). The van der Waals surface area contributed by atoms with Gasteiger partial charge in [0.05, 0.1) is 29.6 Å². The summed E-state index contributed by atoms with van der Waals surface area (Å²) in [6.07, 6.45) is 6.53. The highest BCUT2D eigenvalue weighted by molar-refractivity contribution is 6.14. The Labute approximate surface area is 176 Å². The van der Waals surface area contributed by atoms with E-state index in [0.29, 0.717) is 23.8 Å². The summed E-state index contributed by atoms with van der Waals surface area (Å²) >= 11 is 0. The quantitative estimate of drug-likeness (QED) is 0.789. The molecule has 30 heavy (non-hydrogen) atoms. The number of amidine groups is 1. The number of allylic oxidation sites excluding steroid dienone is 4. The van der Waals surface area contributed by atoms with Crippen molar-refractivity contribution in [1.82, 2.24) is 10.4 Å². The van der Waals surface area contributed by atoms with Crippen LogP contribution in [0.2, 0.25) is 0 Å². The number of hydrazine groups is 1. The predicted molar refractivity (Wildman–Crippen MR) is 118 cm³/mol. The van der Waals surface area contributed by atoms with E-state index in [9.17, 15) is 10.1 Å². The average molecular weight is 403 g/mol. The van der Waals surface area contributed by atoms with Crippen LogP contribution < -0.4 is 10.7 Å². The molecule has 1 amide bonds. The maximum Gasteiger partial charge on any atom is 0.221 e. The van der Waals surface area contributed by atoms with E-state index in [0.717, 1.165) is 54.2 Å². The first-order valence-corrected chi connectivity index (χ1v) is 10.3. The van der Waals surface area contributed by atoms with Gasteiger partial charge in [0, 0.05) is 12.6 Å². The summed E-state index contributed by atoms with van der Waals surface area (Å²) < 4.78 is 0. The number of rotatable bonds is 3. The van der Waals surface area contributed by atoms with Crippen molar-refractivity contribution >= 4 is 28.8 Å². The maximum absolute atomic E-state index is 11.4. The van der Waals surface area contributed by atoms with Crippen molar-refractivity contribution in [2.45, 2.75) is 58.9 Å². The molecule has 3 aliphatic rings. The zero-order valence-corrected chi connectivity index (χ0v) is 17.6. The van der Waals surface area contributed by atoms with Crippen LogP contribution in [0.4, 0.5) is 11.4 Å². The van der Waals surface area contributed by atoms with Crippen LogP contribution >= 0.6 is 0 Å². The van der Waals surface area contributed by atoms with Gasteiger partial charge >= 0.3 is 0 Å². The first kappa shape index (κ1) is 19.9. The molecule has 1 saturated carbocycles.